The van der Waals surface area contributed by atoms with Gasteiger partial charge in [0.2, 0.25) is 5.91 Å². The number of carboxylic acid groups (broad SMARTS) is 1. The lowest BCUT2D eigenvalue weighted by Crippen LogP contribution is -2.40. The molecule has 1 aromatic rings. The Balaban J connectivity index is 1.85. The molecular formula is C16H17F2NO4. The molecule has 7 heteroatoms. The largest absolute Gasteiger partial charge is 0.481 e. The first-order valence-electron chi connectivity index (χ1n) is 7.37. The molecule has 0 spiro atoms. The fourth-order valence-electron chi connectivity index (χ4n) is 2.60. The maximum absolute atomic E-state index is 13.5. The van der Waals surface area contributed by atoms with Gasteiger partial charge in [0.25, 0.3) is 0 Å². The Labute approximate surface area is 131 Å². The van der Waals surface area contributed by atoms with Gasteiger partial charge in [-0.05, 0) is 25.0 Å². The summed E-state index contributed by atoms with van der Waals surface area (Å²) in [6.45, 7) is 0.684. The molecule has 1 heterocycles. The molecule has 0 aromatic heterocycles. The van der Waals surface area contributed by atoms with Crippen molar-refractivity contribution in [2.45, 2.75) is 25.7 Å². The lowest BCUT2D eigenvalue weighted by Gasteiger charge is -2.30. The number of nitrogens with zero attached hydrogens (tertiary/aromatic N) is 1. The van der Waals surface area contributed by atoms with Crippen molar-refractivity contribution in [2.75, 3.05) is 13.1 Å². The molecule has 0 saturated carbocycles. The molecule has 0 bridgehead atoms. The molecule has 1 amide bonds. The van der Waals surface area contributed by atoms with Crippen molar-refractivity contribution in [3.8, 4) is 0 Å². The minimum atomic E-state index is -0.940. The summed E-state index contributed by atoms with van der Waals surface area (Å²) in [5.74, 6) is -3.82. The average molecular weight is 325 g/mol. The number of carboxylic acids is 1. The molecule has 1 aliphatic heterocycles. The van der Waals surface area contributed by atoms with Crippen LogP contribution in [0.25, 0.3) is 0 Å². The van der Waals surface area contributed by atoms with Gasteiger partial charge < -0.3 is 10.0 Å². The minimum absolute atomic E-state index is 0.0760. The number of rotatable bonds is 5. The van der Waals surface area contributed by atoms with Crippen LogP contribution in [0.4, 0.5) is 8.78 Å². The van der Waals surface area contributed by atoms with Gasteiger partial charge in [-0.1, -0.05) is 0 Å². The number of carbonyl (C=O) groups is 3. The zero-order valence-corrected chi connectivity index (χ0v) is 12.4. The van der Waals surface area contributed by atoms with Crippen LogP contribution in [0.5, 0.6) is 0 Å². The number of carbonyl (C=O) groups excluding carboxylic acids is 2. The molecule has 124 valence electrons. The normalized spacial score (nSPS) is 15.5. The SMILES string of the molecule is O=C(CCC(=O)N1CCC(C(=O)O)CC1)c1ccc(F)cc1F. The lowest BCUT2D eigenvalue weighted by atomic mass is 9.96. The Morgan fingerprint density at radius 2 is 1.78 bits per heavy atom. The highest BCUT2D eigenvalue weighted by molar-refractivity contribution is 5.98. The van der Waals surface area contributed by atoms with E-state index in [0.29, 0.717) is 32.0 Å². The standard InChI is InChI=1S/C16H17F2NO4/c17-11-1-2-12(13(18)9-11)14(20)3-4-15(21)19-7-5-10(6-8-19)16(22)23/h1-2,9-10H,3-8H2,(H,22,23). The summed E-state index contributed by atoms with van der Waals surface area (Å²) in [6.07, 6.45) is 0.539. The van der Waals surface area contributed by atoms with E-state index in [1.165, 1.54) is 4.90 Å². The third-order valence-corrected chi connectivity index (χ3v) is 3.99. The van der Waals surface area contributed by atoms with E-state index in [0.717, 1.165) is 12.1 Å². The number of piperidine rings is 1. The molecule has 0 unspecified atom stereocenters. The molecule has 1 N–H and O–H groups in total. The molecule has 1 aromatic carbocycles. The van der Waals surface area contributed by atoms with Gasteiger partial charge in [-0.25, -0.2) is 8.78 Å². The predicted octanol–water partition coefficient (Wildman–Crippen LogP) is 2.25. The second-order valence-electron chi connectivity index (χ2n) is 5.54. The van der Waals surface area contributed by atoms with Crippen LogP contribution in [0.15, 0.2) is 18.2 Å². The Bertz CT molecular complexity index is 625. The third kappa shape index (κ3) is 4.34. The quantitative estimate of drug-likeness (QED) is 0.843. The van der Waals surface area contributed by atoms with Gasteiger partial charge in [0.05, 0.1) is 11.5 Å². The summed E-state index contributed by atoms with van der Waals surface area (Å²) in [6, 6.07) is 2.69. The molecule has 1 fully saturated rings. The van der Waals surface area contributed by atoms with Crippen molar-refractivity contribution < 1.29 is 28.3 Å². The topological polar surface area (TPSA) is 74.7 Å². The van der Waals surface area contributed by atoms with Crippen molar-refractivity contribution in [3.63, 3.8) is 0 Å². The number of aliphatic carboxylic acids is 1. The molecule has 2 rings (SSSR count). The van der Waals surface area contributed by atoms with Crippen LogP contribution in [0.3, 0.4) is 0 Å². The van der Waals surface area contributed by atoms with Gasteiger partial charge in [0.1, 0.15) is 11.6 Å². The molecule has 5 nitrogen and oxygen atoms in total. The van der Waals surface area contributed by atoms with Crippen LogP contribution >= 0.6 is 0 Å². The van der Waals surface area contributed by atoms with E-state index in [1.807, 2.05) is 0 Å². The fraction of sp³-hybridized carbons (Fsp3) is 0.438. The van der Waals surface area contributed by atoms with Crippen molar-refractivity contribution in [2.24, 2.45) is 5.92 Å². The lowest BCUT2D eigenvalue weighted by molar-refractivity contribution is -0.145. The fourth-order valence-corrected chi connectivity index (χ4v) is 2.60. The number of hydrogen-bond donors (Lipinski definition) is 1. The zero-order chi connectivity index (χ0) is 17.0. The minimum Gasteiger partial charge on any atom is -0.481 e. The van der Waals surface area contributed by atoms with Crippen LogP contribution in [-0.4, -0.2) is 40.8 Å². The van der Waals surface area contributed by atoms with E-state index < -0.39 is 29.3 Å². The summed E-state index contributed by atoms with van der Waals surface area (Å²) in [7, 11) is 0. The van der Waals surface area contributed by atoms with Gasteiger partial charge >= 0.3 is 5.97 Å². The highest BCUT2D eigenvalue weighted by Gasteiger charge is 2.27. The van der Waals surface area contributed by atoms with E-state index in [2.05, 4.69) is 0 Å². The van der Waals surface area contributed by atoms with Crippen LogP contribution in [0, 0.1) is 17.6 Å². The molecular weight excluding hydrogens is 308 g/mol. The molecule has 23 heavy (non-hydrogen) atoms. The second kappa shape index (κ2) is 7.30. The number of likely N-dealkylation sites (tertiary alicyclic amines) is 1. The Kier molecular flexibility index (Phi) is 5.41. The summed E-state index contributed by atoms with van der Waals surface area (Å²) < 4.78 is 26.3. The molecule has 1 saturated heterocycles. The first kappa shape index (κ1) is 17.1. The van der Waals surface area contributed by atoms with E-state index in [1.54, 1.807) is 0 Å². The van der Waals surface area contributed by atoms with E-state index in [9.17, 15) is 23.2 Å². The summed E-state index contributed by atoms with van der Waals surface area (Å²) in [5.41, 5.74) is -0.233. The van der Waals surface area contributed by atoms with Gasteiger partial charge in [0, 0.05) is 32.0 Å². The number of amides is 1. The monoisotopic (exact) mass is 325 g/mol. The number of ketones is 1. The first-order chi connectivity index (χ1) is 10.9. The maximum Gasteiger partial charge on any atom is 0.306 e. The van der Waals surface area contributed by atoms with Crippen LogP contribution in [-0.2, 0) is 9.59 Å². The molecule has 0 radical (unpaired) electrons. The second-order valence-corrected chi connectivity index (χ2v) is 5.54. The molecule has 1 aliphatic rings. The number of benzene rings is 1. The summed E-state index contributed by atoms with van der Waals surface area (Å²) >= 11 is 0. The smallest absolute Gasteiger partial charge is 0.306 e. The van der Waals surface area contributed by atoms with Crippen molar-refractivity contribution in [3.05, 3.63) is 35.4 Å². The van der Waals surface area contributed by atoms with Gasteiger partial charge in [-0.3, -0.25) is 14.4 Å². The number of hydrogen-bond acceptors (Lipinski definition) is 3. The Morgan fingerprint density at radius 3 is 2.35 bits per heavy atom. The summed E-state index contributed by atoms with van der Waals surface area (Å²) in [5, 5.41) is 8.90. The van der Waals surface area contributed by atoms with Crippen molar-refractivity contribution >= 4 is 17.7 Å². The molecule has 0 atom stereocenters. The van der Waals surface area contributed by atoms with E-state index in [4.69, 9.17) is 5.11 Å². The maximum atomic E-state index is 13.5. The van der Waals surface area contributed by atoms with Crippen LogP contribution in [0.1, 0.15) is 36.0 Å². The third-order valence-electron chi connectivity index (χ3n) is 3.99. The van der Waals surface area contributed by atoms with E-state index in [-0.39, 0.29) is 24.3 Å². The zero-order valence-electron chi connectivity index (χ0n) is 12.4. The Hall–Kier alpha value is -2.31. The Morgan fingerprint density at radius 1 is 1.13 bits per heavy atom. The first-order valence-corrected chi connectivity index (χ1v) is 7.37. The van der Waals surface area contributed by atoms with Crippen LogP contribution < -0.4 is 0 Å². The number of halogens is 2. The number of Topliss-reactive ketones (excluding diaryl/α,β-unsaturated/α-hetero) is 1. The van der Waals surface area contributed by atoms with Gasteiger partial charge in [-0.2, -0.15) is 0 Å². The molecule has 0 aliphatic carbocycles. The van der Waals surface area contributed by atoms with Crippen LogP contribution in [0.2, 0.25) is 0 Å². The highest BCUT2D eigenvalue weighted by atomic mass is 19.1. The summed E-state index contributed by atoms with van der Waals surface area (Å²) in [4.78, 5) is 36.3. The van der Waals surface area contributed by atoms with Crippen molar-refractivity contribution in [1.82, 2.24) is 4.90 Å². The van der Waals surface area contributed by atoms with Crippen molar-refractivity contribution in [1.29, 1.82) is 0 Å². The van der Waals surface area contributed by atoms with Gasteiger partial charge in [0.15, 0.2) is 5.78 Å². The average Bonchev–Trinajstić information content (AvgIpc) is 2.52. The van der Waals surface area contributed by atoms with Gasteiger partial charge in [-0.15, -0.1) is 0 Å². The highest BCUT2D eigenvalue weighted by Crippen LogP contribution is 2.19. The van der Waals surface area contributed by atoms with E-state index >= 15 is 0 Å². The predicted molar refractivity (Wildman–Crippen MR) is 76.9 cm³/mol.